The van der Waals surface area contributed by atoms with Crippen molar-refractivity contribution in [2.75, 3.05) is 30.9 Å². The van der Waals surface area contributed by atoms with Crippen molar-refractivity contribution in [1.82, 2.24) is 9.88 Å². The number of nitrogens with one attached hydrogen (secondary N) is 2. The Balaban J connectivity index is 2.26. The number of nitrogens with two attached hydrogens (primary N) is 1. The van der Waals surface area contributed by atoms with Crippen molar-refractivity contribution in [2.45, 2.75) is 26.3 Å². The van der Waals surface area contributed by atoms with E-state index >= 15 is 0 Å². The summed E-state index contributed by atoms with van der Waals surface area (Å²) in [6.07, 6.45) is 2.85. The van der Waals surface area contributed by atoms with Crippen LogP contribution in [0, 0.1) is 0 Å². The Kier molecular flexibility index (Phi) is 5.72. The van der Waals surface area contributed by atoms with Crippen LogP contribution >= 0.6 is 0 Å². The van der Waals surface area contributed by atoms with E-state index in [1.54, 1.807) is 6.20 Å². The fourth-order valence-corrected chi connectivity index (χ4v) is 1.44. The molecular formula is C12H23N5. The van der Waals surface area contributed by atoms with Gasteiger partial charge in [0.15, 0.2) is 0 Å². The van der Waals surface area contributed by atoms with Gasteiger partial charge in [0.2, 0.25) is 0 Å². The predicted molar refractivity (Wildman–Crippen MR) is 72.9 cm³/mol. The molecule has 5 heteroatoms. The maximum atomic E-state index is 5.30. The Hall–Kier alpha value is -1.33. The van der Waals surface area contributed by atoms with Crippen molar-refractivity contribution in [1.29, 1.82) is 0 Å². The largest absolute Gasteiger partial charge is 0.385 e. The highest BCUT2D eigenvalue weighted by Crippen LogP contribution is 2.10. The molecule has 1 aromatic heterocycles. The van der Waals surface area contributed by atoms with Crippen molar-refractivity contribution >= 4 is 11.5 Å². The highest BCUT2D eigenvalue weighted by atomic mass is 15.2. The molecule has 1 rings (SSSR count). The number of nitrogens with zero attached hydrogens (tertiary/aromatic N) is 2. The molecule has 0 fully saturated rings. The molecule has 0 aliphatic rings. The fourth-order valence-electron chi connectivity index (χ4n) is 1.44. The molecule has 0 radical (unpaired) electrons. The quantitative estimate of drug-likeness (QED) is 0.381. The average molecular weight is 237 g/mol. The summed E-state index contributed by atoms with van der Waals surface area (Å²) in [6.45, 7) is 6.45. The van der Waals surface area contributed by atoms with Crippen molar-refractivity contribution < 1.29 is 0 Å². The SMILES string of the molecule is CC(C)N(C)CCCNc1ccnc(NN)c1. The van der Waals surface area contributed by atoms with E-state index in [4.69, 9.17) is 5.84 Å². The number of hydrogen-bond donors (Lipinski definition) is 3. The number of hydrazine groups is 1. The van der Waals surface area contributed by atoms with Crippen LogP contribution in [0.1, 0.15) is 20.3 Å². The maximum absolute atomic E-state index is 5.30. The van der Waals surface area contributed by atoms with Crippen LogP contribution in [-0.4, -0.2) is 36.1 Å². The first kappa shape index (κ1) is 13.7. The third-order valence-electron chi connectivity index (χ3n) is 2.81. The van der Waals surface area contributed by atoms with E-state index in [0.29, 0.717) is 11.9 Å². The van der Waals surface area contributed by atoms with Crippen LogP contribution < -0.4 is 16.6 Å². The van der Waals surface area contributed by atoms with Gasteiger partial charge in [0.05, 0.1) is 0 Å². The number of hydrogen-bond acceptors (Lipinski definition) is 5. The van der Waals surface area contributed by atoms with Crippen LogP contribution in [0.25, 0.3) is 0 Å². The van der Waals surface area contributed by atoms with Crippen LogP contribution in [0.3, 0.4) is 0 Å². The Morgan fingerprint density at radius 1 is 1.47 bits per heavy atom. The second-order valence-electron chi connectivity index (χ2n) is 4.43. The summed E-state index contributed by atoms with van der Waals surface area (Å²) in [4.78, 5) is 6.39. The third kappa shape index (κ3) is 5.01. The molecule has 0 aromatic carbocycles. The van der Waals surface area contributed by atoms with Gasteiger partial charge in [0.25, 0.3) is 0 Å². The number of aromatic nitrogens is 1. The third-order valence-corrected chi connectivity index (χ3v) is 2.81. The number of pyridine rings is 1. The lowest BCUT2D eigenvalue weighted by Crippen LogP contribution is -2.28. The second kappa shape index (κ2) is 7.09. The van der Waals surface area contributed by atoms with Crippen LogP contribution in [0.4, 0.5) is 11.5 Å². The average Bonchev–Trinajstić information content (AvgIpc) is 2.34. The number of nitrogen functional groups attached to an aromatic ring is 1. The highest BCUT2D eigenvalue weighted by Gasteiger charge is 2.01. The van der Waals surface area contributed by atoms with Gasteiger partial charge < -0.3 is 15.6 Å². The lowest BCUT2D eigenvalue weighted by atomic mass is 10.3. The first-order valence-corrected chi connectivity index (χ1v) is 6.00. The zero-order chi connectivity index (χ0) is 12.7. The molecule has 0 saturated heterocycles. The van der Waals surface area contributed by atoms with Crippen molar-refractivity contribution in [3.8, 4) is 0 Å². The molecule has 0 bridgehead atoms. The lowest BCUT2D eigenvalue weighted by molar-refractivity contribution is 0.273. The molecule has 0 aliphatic carbocycles. The fraction of sp³-hybridized carbons (Fsp3) is 0.583. The molecule has 0 aliphatic heterocycles. The molecule has 1 heterocycles. The van der Waals surface area contributed by atoms with E-state index in [1.807, 2.05) is 12.1 Å². The van der Waals surface area contributed by atoms with Gasteiger partial charge in [0.1, 0.15) is 5.82 Å². The molecule has 0 amide bonds. The molecule has 5 nitrogen and oxygen atoms in total. The molecule has 0 atom stereocenters. The lowest BCUT2D eigenvalue weighted by Gasteiger charge is -2.20. The van der Waals surface area contributed by atoms with Gasteiger partial charge in [-0.05, 0) is 39.9 Å². The van der Waals surface area contributed by atoms with Crippen molar-refractivity contribution in [3.05, 3.63) is 18.3 Å². The zero-order valence-corrected chi connectivity index (χ0v) is 10.9. The monoisotopic (exact) mass is 237 g/mol. The standard InChI is InChI=1S/C12H23N5/c1-10(2)17(3)8-4-6-14-11-5-7-15-12(9-11)16-13/h5,7,9-10H,4,6,8,13H2,1-3H3,(H2,14,15,16). The summed E-state index contributed by atoms with van der Waals surface area (Å²) in [5.74, 6) is 5.97. The first-order valence-electron chi connectivity index (χ1n) is 6.00. The highest BCUT2D eigenvalue weighted by molar-refractivity contribution is 5.51. The molecule has 0 spiro atoms. The Morgan fingerprint density at radius 3 is 2.88 bits per heavy atom. The smallest absolute Gasteiger partial charge is 0.141 e. The normalized spacial score (nSPS) is 10.9. The zero-order valence-electron chi connectivity index (χ0n) is 10.9. The van der Waals surface area contributed by atoms with Crippen LogP contribution in [0.2, 0.25) is 0 Å². The summed E-state index contributed by atoms with van der Waals surface area (Å²) < 4.78 is 0. The van der Waals surface area contributed by atoms with Gasteiger partial charge in [-0.3, -0.25) is 0 Å². The molecule has 0 unspecified atom stereocenters. The predicted octanol–water partition coefficient (Wildman–Crippen LogP) is 1.51. The summed E-state index contributed by atoms with van der Waals surface area (Å²) in [5.41, 5.74) is 3.57. The molecule has 96 valence electrons. The van der Waals surface area contributed by atoms with Gasteiger partial charge >= 0.3 is 0 Å². The van der Waals surface area contributed by atoms with Gasteiger partial charge in [-0.15, -0.1) is 0 Å². The molecule has 4 N–H and O–H groups in total. The van der Waals surface area contributed by atoms with E-state index in [2.05, 4.69) is 41.5 Å². The Morgan fingerprint density at radius 2 is 2.24 bits per heavy atom. The Bertz CT molecular complexity index is 326. The second-order valence-corrected chi connectivity index (χ2v) is 4.43. The van der Waals surface area contributed by atoms with E-state index in [1.165, 1.54) is 0 Å². The minimum Gasteiger partial charge on any atom is -0.385 e. The van der Waals surface area contributed by atoms with E-state index in [-0.39, 0.29) is 0 Å². The maximum Gasteiger partial charge on any atom is 0.141 e. The van der Waals surface area contributed by atoms with Gasteiger partial charge in [-0.2, -0.15) is 0 Å². The van der Waals surface area contributed by atoms with Crippen LogP contribution in [0.5, 0.6) is 0 Å². The molecular weight excluding hydrogens is 214 g/mol. The number of anilines is 2. The van der Waals surface area contributed by atoms with Crippen molar-refractivity contribution in [2.24, 2.45) is 5.84 Å². The van der Waals surface area contributed by atoms with Crippen molar-refractivity contribution in [3.63, 3.8) is 0 Å². The van der Waals surface area contributed by atoms with E-state index in [0.717, 1.165) is 25.2 Å². The first-order chi connectivity index (χ1) is 8.13. The van der Waals surface area contributed by atoms with Gasteiger partial charge in [0, 0.05) is 30.5 Å². The summed E-state index contributed by atoms with van der Waals surface area (Å²) in [6, 6.07) is 4.43. The van der Waals surface area contributed by atoms with Crippen LogP contribution in [-0.2, 0) is 0 Å². The minimum atomic E-state index is 0.601. The topological polar surface area (TPSA) is 66.2 Å². The van der Waals surface area contributed by atoms with Crippen LogP contribution in [0.15, 0.2) is 18.3 Å². The summed E-state index contributed by atoms with van der Waals surface area (Å²) >= 11 is 0. The van der Waals surface area contributed by atoms with E-state index in [9.17, 15) is 0 Å². The minimum absolute atomic E-state index is 0.601. The number of rotatable bonds is 7. The van der Waals surface area contributed by atoms with Gasteiger partial charge in [-0.1, -0.05) is 0 Å². The molecule has 17 heavy (non-hydrogen) atoms. The summed E-state index contributed by atoms with van der Waals surface area (Å²) in [7, 11) is 2.15. The molecule has 0 saturated carbocycles. The van der Waals surface area contributed by atoms with Gasteiger partial charge in [-0.25, -0.2) is 10.8 Å². The van der Waals surface area contributed by atoms with E-state index < -0.39 is 0 Å². The molecule has 1 aromatic rings. The Labute approximate surface area is 103 Å². The summed E-state index contributed by atoms with van der Waals surface area (Å²) in [5, 5.41) is 3.35.